The molecular formula is C26H29N5O2. The van der Waals surface area contributed by atoms with E-state index in [1.54, 1.807) is 7.11 Å². The number of nitrogens with one attached hydrogen (secondary N) is 2. The maximum atomic E-state index is 13.5. The molecule has 5 rings (SSSR count). The van der Waals surface area contributed by atoms with E-state index in [9.17, 15) is 4.79 Å². The average molecular weight is 444 g/mol. The number of fused-ring (bicyclic) bond motifs is 2. The number of aromatic nitrogens is 4. The van der Waals surface area contributed by atoms with Crippen molar-refractivity contribution in [1.82, 2.24) is 25.1 Å². The third-order valence-corrected chi connectivity index (χ3v) is 6.37. The van der Waals surface area contributed by atoms with Crippen LogP contribution in [0, 0.1) is 6.92 Å². The number of benzene rings is 2. The molecule has 0 aliphatic heterocycles. The lowest BCUT2D eigenvalue weighted by Crippen LogP contribution is -2.29. The summed E-state index contributed by atoms with van der Waals surface area (Å²) in [5.41, 5.74) is 5.70. The summed E-state index contributed by atoms with van der Waals surface area (Å²) in [6, 6.07) is 14.5. The Labute approximate surface area is 192 Å². The Morgan fingerprint density at radius 3 is 2.64 bits per heavy atom. The number of hydrogen-bond donors (Lipinski definition) is 2. The lowest BCUT2D eigenvalue weighted by molar-refractivity contribution is 0.414. The smallest absolute Gasteiger partial charge is 0.255 e. The van der Waals surface area contributed by atoms with Gasteiger partial charge in [0.2, 0.25) is 0 Å². The summed E-state index contributed by atoms with van der Waals surface area (Å²) in [7, 11) is 1.66. The van der Waals surface area contributed by atoms with Crippen LogP contribution in [0.1, 0.15) is 40.3 Å². The molecule has 0 amide bonds. The van der Waals surface area contributed by atoms with Gasteiger partial charge < -0.3 is 14.6 Å². The zero-order valence-electron chi connectivity index (χ0n) is 19.1. The van der Waals surface area contributed by atoms with E-state index in [4.69, 9.17) is 4.74 Å². The molecule has 0 fully saturated rings. The van der Waals surface area contributed by atoms with Gasteiger partial charge in [-0.05, 0) is 78.6 Å². The van der Waals surface area contributed by atoms with Gasteiger partial charge in [0.25, 0.3) is 5.56 Å². The number of hydrogen-bond acceptors (Lipinski definition) is 5. The van der Waals surface area contributed by atoms with E-state index in [0.717, 1.165) is 52.3 Å². The summed E-state index contributed by atoms with van der Waals surface area (Å²) >= 11 is 0. The third kappa shape index (κ3) is 4.54. The molecular weight excluding hydrogens is 414 g/mol. The first kappa shape index (κ1) is 21.4. The van der Waals surface area contributed by atoms with Gasteiger partial charge in [0, 0.05) is 25.1 Å². The standard InChI is InChI=1S/C26H29N5O2/c1-17-28-25(30-29-17)10-11-27-15-22-13-21-12-19-4-3-5-20(19)14-24(21)31(26(22)32)16-18-6-8-23(33-2)9-7-18/h6-9,12-14,27H,3-5,10-11,15-16H2,1-2H3,(H,28,29,30). The largest absolute Gasteiger partial charge is 0.497 e. The Bertz CT molecular complexity index is 1340. The first-order chi connectivity index (χ1) is 16.1. The van der Waals surface area contributed by atoms with Crippen molar-refractivity contribution in [3.63, 3.8) is 0 Å². The van der Waals surface area contributed by atoms with E-state index in [1.165, 1.54) is 17.5 Å². The highest BCUT2D eigenvalue weighted by Crippen LogP contribution is 2.27. The van der Waals surface area contributed by atoms with E-state index >= 15 is 0 Å². The van der Waals surface area contributed by atoms with Gasteiger partial charge in [-0.1, -0.05) is 12.1 Å². The summed E-state index contributed by atoms with van der Waals surface area (Å²) in [5.74, 6) is 2.41. The maximum absolute atomic E-state index is 13.5. The van der Waals surface area contributed by atoms with Crippen LogP contribution in [-0.2, 0) is 32.4 Å². The molecule has 33 heavy (non-hydrogen) atoms. The van der Waals surface area contributed by atoms with Crippen LogP contribution >= 0.6 is 0 Å². The Morgan fingerprint density at radius 1 is 1.12 bits per heavy atom. The van der Waals surface area contributed by atoms with E-state index in [-0.39, 0.29) is 5.56 Å². The molecule has 2 N–H and O–H groups in total. The van der Waals surface area contributed by atoms with E-state index in [1.807, 2.05) is 35.8 Å². The van der Waals surface area contributed by atoms with Gasteiger partial charge in [-0.3, -0.25) is 9.89 Å². The molecule has 0 unspecified atom stereocenters. The van der Waals surface area contributed by atoms with Crippen LogP contribution in [0.4, 0.5) is 0 Å². The molecule has 1 aliphatic rings. The monoisotopic (exact) mass is 443 g/mol. The van der Waals surface area contributed by atoms with Crippen LogP contribution in [0.25, 0.3) is 10.9 Å². The van der Waals surface area contributed by atoms with Crippen LogP contribution < -0.4 is 15.6 Å². The molecule has 2 aromatic carbocycles. The van der Waals surface area contributed by atoms with Gasteiger partial charge >= 0.3 is 0 Å². The fourth-order valence-corrected chi connectivity index (χ4v) is 4.63. The minimum atomic E-state index is 0.0532. The molecule has 0 bridgehead atoms. The second kappa shape index (κ2) is 9.19. The zero-order valence-corrected chi connectivity index (χ0v) is 19.1. The average Bonchev–Trinajstić information content (AvgIpc) is 3.46. The van der Waals surface area contributed by atoms with Gasteiger partial charge in [0.05, 0.1) is 19.2 Å². The predicted molar refractivity (Wildman–Crippen MR) is 129 cm³/mol. The van der Waals surface area contributed by atoms with Crippen LogP contribution in [0.15, 0.2) is 47.3 Å². The lowest BCUT2D eigenvalue weighted by Gasteiger charge is -2.15. The Hall–Kier alpha value is -3.45. The van der Waals surface area contributed by atoms with Crippen molar-refractivity contribution >= 4 is 10.9 Å². The quantitative estimate of drug-likeness (QED) is 0.408. The molecule has 2 heterocycles. The van der Waals surface area contributed by atoms with Crippen molar-refractivity contribution in [1.29, 1.82) is 0 Å². The molecule has 170 valence electrons. The Morgan fingerprint density at radius 2 is 1.91 bits per heavy atom. The highest BCUT2D eigenvalue weighted by atomic mass is 16.5. The number of nitrogens with zero attached hydrogens (tertiary/aromatic N) is 3. The molecule has 0 atom stereocenters. The fraction of sp³-hybridized carbons (Fsp3) is 0.346. The number of pyridine rings is 1. The summed E-state index contributed by atoms with van der Waals surface area (Å²) in [5, 5.41) is 11.6. The highest BCUT2D eigenvalue weighted by Gasteiger charge is 2.16. The fourth-order valence-electron chi connectivity index (χ4n) is 4.63. The summed E-state index contributed by atoms with van der Waals surface area (Å²) in [6.07, 6.45) is 4.10. The summed E-state index contributed by atoms with van der Waals surface area (Å²) in [4.78, 5) is 17.9. The Balaban J connectivity index is 1.44. The SMILES string of the molecule is COc1ccc(Cn2c(=O)c(CNCCc3n[nH]c(C)n3)cc3cc4c(cc32)CCC4)cc1. The van der Waals surface area contributed by atoms with Crippen molar-refractivity contribution in [2.75, 3.05) is 13.7 Å². The van der Waals surface area contributed by atoms with Crippen LogP contribution in [0.2, 0.25) is 0 Å². The summed E-state index contributed by atoms with van der Waals surface area (Å²) in [6.45, 7) is 3.64. The molecule has 7 heteroatoms. The van der Waals surface area contributed by atoms with Crippen molar-refractivity contribution in [3.05, 3.63) is 86.7 Å². The second-order valence-electron chi connectivity index (χ2n) is 8.71. The van der Waals surface area contributed by atoms with Crippen molar-refractivity contribution in [2.24, 2.45) is 0 Å². The Kier molecular flexibility index (Phi) is 5.96. The number of methoxy groups -OCH3 is 1. The number of aromatic amines is 1. The molecule has 7 nitrogen and oxygen atoms in total. The zero-order chi connectivity index (χ0) is 22.8. The van der Waals surface area contributed by atoms with Crippen molar-refractivity contribution in [3.8, 4) is 5.75 Å². The number of rotatable bonds is 8. The van der Waals surface area contributed by atoms with Gasteiger partial charge in [-0.25, -0.2) is 4.98 Å². The van der Waals surface area contributed by atoms with Gasteiger partial charge in [0.1, 0.15) is 11.6 Å². The number of H-pyrrole nitrogens is 1. The second-order valence-corrected chi connectivity index (χ2v) is 8.71. The van der Waals surface area contributed by atoms with E-state index < -0.39 is 0 Å². The van der Waals surface area contributed by atoms with E-state index in [2.05, 4.69) is 38.7 Å². The highest BCUT2D eigenvalue weighted by molar-refractivity contribution is 5.82. The van der Waals surface area contributed by atoms with Crippen LogP contribution in [-0.4, -0.2) is 33.4 Å². The number of aryl methyl sites for hydroxylation is 3. The van der Waals surface area contributed by atoms with Gasteiger partial charge in [0.15, 0.2) is 5.82 Å². The first-order valence-electron chi connectivity index (χ1n) is 11.5. The van der Waals surface area contributed by atoms with Crippen LogP contribution in [0.3, 0.4) is 0 Å². The summed E-state index contributed by atoms with van der Waals surface area (Å²) < 4.78 is 7.21. The normalized spacial score (nSPS) is 12.9. The molecule has 0 spiro atoms. The third-order valence-electron chi connectivity index (χ3n) is 6.37. The maximum Gasteiger partial charge on any atom is 0.255 e. The van der Waals surface area contributed by atoms with Crippen LogP contribution in [0.5, 0.6) is 5.75 Å². The predicted octanol–water partition coefficient (Wildman–Crippen LogP) is 3.31. The molecule has 0 saturated carbocycles. The molecule has 0 radical (unpaired) electrons. The van der Waals surface area contributed by atoms with Gasteiger partial charge in [-0.2, -0.15) is 5.10 Å². The van der Waals surface area contributed by atoms with E-state index in [0.29, 0.717) is 26.1 Å². The number of ether oxygens (including phenoxy) is 1. The first-order valence-corrected chi connectivity index (χ1v) is 11.5. The van der Waals surface area contributed by atoms with Gasteiger partial charge in [-0.15, -0.1) is 0 Å². The van der Waals surface area contributed by atoms with Crippen molar-refractivity contribution in [2.45, 2.75) is 45.7 Å². The molecule has 4 aromatic rings. The molecule has 0 saturated heterocycles. The lowest BCUT2D eigenvalue weighted by atomic mass is 10.0. The minimum Gasteiger partial charge on any atom is -0.497 e. The van der Waals surface area contributed by atoms with Crippen molar-refractivity contribution < 1.29 is 4.74 Å². The molecule has 1 aliphatic carbocycles. The molecule has 2 aromatic heterocycles. The minimum absolute atomic E-state index is 0.0532. The topological polar surface area (TPSA) is 84.8 Å².